The van der Waals surface area contributed by atoms with E-state index >= 15 is 0 Å². The summed E-state index contributed by atoms with van der Waals surface area (Å²) in [5.41, 5.74) is 0.334. The van der Waals surface area contributed by atoms with Gasteiger partial charge < -0.3 is 10.2 Å². The Morgan fingerprint density at radius 3 is 2.81 bits per heavy atom. The van der Waals surface area contributed by atoms with Gasteiger partial charge in [0.05, 0.1) is 12.2 Å². The molecular weight excluding hydrogens is 275 g/mol. The third-order valence-corrected chi connectivity index (χ3v) is 2.75. The molecule has 1 amide bonds. The zero-order chi connectivity index (χ0) is 12.1. The Hall–Kier alpha value is -1.10. The van der Waals surface area contributed by atoms with Crippen LogP contribution in [-0.2, 0) is 4.79 Å². The number of carbonyl (C=O) groups is 1. The summed E-state index contributed by atoms with van der Waals surface area (Å²) in [6, 6.07) is 4.68. The molecule has 0 aliphatic carbocycles. The van der Waals surface area contributed by atoms with Crippen LogP contribution >= 0.6 is 15.9 Å². The predicted molar refractivity (Wildman–Crippen MR) is 65.9 cm³/mol. The van der Waals surface area contributed by atoms with Crippen LogP contribution in [0.1, 0.15) is 6.92 Å². The molecule has 0 aliphatic heterocycles. The second-order valence-electron chi connectivity index (χ2n) is 3.39. The lowest BCUT2D eigenvalue weighted by Crippen LogP contribution is -2.32. The molecule has 16 heavy (non-hydrogen) atoms. The lowest BCUT2D eigenvalue weighted by atomic mass is 10.3. The Balaban J connectivity index is 2.58. The van der Waals surface area contributed by atoms with Gasteiger partial charge in [0.25, 0.3) is 0 Å². The van der Waals surface area contributed by atoms with Gasteiger partial charge in [-0.2, -0.15) is 0 Å². The van der Waals surface area contributed by atoms with E-state index in [0.717, 1.165) is 0 Å². The smallest absolute Gasteiger partial charge is 0.241 e. The molecule has 0 atom stereocenters. The first-order valence-corrected chi connectivity index (χ1v) is 5.76. The summed E-state index contributed by atoms with van der Waals surface area (Å²) in [5, 5.41) is 2.77. The van der Waals surface area contributed by atoms with E-state index in [0.29, 0.717) is 16.7 Å². The predicted octanol–water partition coefficient (Wildman–Crippen LogP) is 2.48. The van der Waals surface area contributed by atoms with E-state index in [1.165, 1.54) is 6.07 Å². The summed E-state index contributed by atoms with van der Waals surface area (Å²) in [7, 11) is 1.71. The molecule has 5 heteroatoms. The molecule has 0 radical (unpaired) electrons. The molecule has 1 rings (SSSR count). The number of rotatable bonds is 4. The molecular formula is C11H14BrFN2O. The highest BCUT2D eigenvalue weighted by atomic mass is 79.9. The second-order valence-corrected chi connectivity index (χ2v) is 4.30. The number of carbonyl (C=O) groups excluding carboxylic acids is 1. The molecule has 0 saturated carbocycles. The molecule has 3 nitrogen and oxygen atoms in total. The minimum atomic E-state index is -0.374. The summed E-state index contributed by atoms with van der Waals surface area (Å²) in [4.78, 5) is 13.0. The van der Waals surface area contributed by atoms with Crippen molar-refractivity contribution in [3.63, 3.8) is 0 Å². The number of benzene rings is 1. The number of nitrogens with zero attached hydrogens (tertiary/aromatic N) is 1. The Morgan fingerprint density at radius 1 is 1.56 bits per heavy atom. The molecule has 1 aromatic carbocycles. The maximum absolute atomic E-state index is 13.4. The Bertz CT molecular complexity index is 384. The van der Waals surface area contributed by atoms with Crippen LogP contribution in [0.25, 0.3) is 0 Å². The van der Waals surface area contributed by atoms with Gasteiger partial charge in [0.1, 0.15) is 5.82 Å². The fourth-order valence-corrected chi connectivity index (χ4v) is 1.45. The average molecular weight is 289 g/mol. The van der Waals surface area contributed by atoms with Gasteiger partial charge in [-0.3, -0.25) is 4.79 Å². The number of anilines is 1. The van der Waals surface area contributed by atoms with Crippen molar-refractivity contribution in [3.05, 3.63) is 28.5 Å². The summed E-state index contributed by atoms with van der Waals surface area (Å²) in [6.07, 6.45) is 0. The molecule has 0 spiro atoms. The largest absolute Gasteiger partial charge is 0.374 e. The molecule has 1 aromatic rings. The quantitative estimate of drug-likeness (QED) is 0.923. The second kappa shape index (κ2) is 5.84. The van der Waals surface area contributed by atoms with Crippen molar-refractivity contribution in [1.29, 1.82) is 0 Å². The van der Waals surface area contributed by atoms with Gasteiger partial charge in [0.15, 0.2) is 0 Å². The highest BCUT2D eigenvalue weighted by molar-refractivity contribution is 9.10. The maximum atomic E-state index is 13.4. The molecule has 0 aliphatic rings. The van der Waals surface area contributed by atoms with Gasteiger partial charge in [-0.05, 0) is 25.1 Å². The van der Waals surface area contributed by atoms with Crippen LogP contribution in [0.3, 0.4) is 0 Å². The van der Waals surface area contributed by atoms with Crippen molar-refractivity contribution >= 4 is 27.5 Å². The minimum Gasteiger partial charge on any atom is -0.374 e. The van der Waals surface area contributed by atoms with E-state index in [-0.39, 0.29) is 18.3 Å². The maximum Gasteiger partial charge on any atom is 0.241 e. The Labute approximate surface area is 103 Å². The molecule has 88 valence electrons. The number of hydrogen-bond acceptors (Lipinski definition) is 2. The Kier molecular flexibility index (Phi) is 4.73. The van der Waals surface area contributed by atoms with Crippen molar-refractivity contribution in [3.8, 4) is 0 Å². The monoisotopic (exact) mass is 288 g/mol. The van der Waals surface area contributed by atoms with E-state index in [4.69, 9.17) is 0 Å². The first kappa shape index (κ1) is 13.0. The van der Waals surface area contributed by atoms with E-state index in [1.807, 2.05) is 6.92 Å². The number of amides is 1. The summed E-state index contributed by atoms with van der Waals surface area (Å²) >= 11 is 3.17. The number of halogens is 2. The molecule has 0 fully saturated rings. The lowest BCUT2D eigenvalue weighted by molar-refractivity contribution is -0.127. The van der Waals surface area contributed by atoms with Gasteiger partial charge in [-0.1, -0.05) is 15.9 Å². The van der Waals surface area contributed by atoms with Crippen LogP contribution in [0.4, 0.5) is 10.1 Å². The first-order chi connectivity index (χ1) is 7.54. The molecule has 0 unspecified atom stereocenters. The van der Waals surface area contributed by atoms with Crippen LogP contribution in [0, 0.1) is 5.82 Å². The van der Waals surface area contributed by atoms with Crippen molar-refractivity contribution in [2.45, 2.75) is 6.92 Å². The molecule has 0 saturated heterocycles. The van der Waals surface area contributed by atoms with Crippen molar-refractivity contribution in [2.75, 3.05) is 25.5 Å². The topological polar surface area (TPSA) is 32.3 Å². The van der Waals surface area contributed by atoms with Gasteiger partial charge in [0, 0.05) is 18.1 Å². The first-order valence-electron chi connectivity index (χ1n) is 4.97. The fourth-order valence-electron chi connectivity index (χ4n) is 1.11. The third kappa shape index (κ3) is 3.48. The van der Waals surface area contributed by atoms with Crippen LogP contribution in [0.15, 0.2) is 22.7 Å². The highest BCUT2D eigenvalue weighted by Crippen LogP contribution is 2.18. The van der Waals surface area contributed by atoms with Gasteiger partial charge in [-0.15, -0.1) is 0 Å². The van der Waals surface area contributed by atoms with E-state index in [1.54, 1.807) is 24.1 Å². The van der Waals surface area contributed by atoms with Crippen LogP contribution < -0.4 is 5.32 Å². The zero-order valence-electron chi connectivity index (χ0n) is 9.26. The standard InChI is InChI=1S/C11H14BrFN2O/c1-3-15(2)11(16)7-14-10-5-4-8(12)6-9(10)13/h4-6,14H,3,7H2,1-2H3. The summed E-state index contributed by atoms with van der Waals surface area (Å²) in [5.74, 6) is -0.439. The number of likely N-dealkylation sites (N-methyl/N-ethyl adjacent to an activating group) is 1. The van der Waals surface area contributed by atoms with Gasteiger partial charge in [0.2, 0.25) is 5.91 Å². The van der Waals surface area contributed by atoms with Crippen molar-refractivity contribution in [1.82, 2.24) is 4.90 Å². The fraction of sp³-hybridized carbons (Fsp3) is 0.364. The van der Waals surface area contributed by atoms with Gasteiger partial charge >= 0.3 is 0 Å². The van der Waals surface area contributed by atoms with Gasteiger partial charge in [-0.25, -0.2) is 4.39 Å². The van der Waals surface area contributed by atoms with Crippen molar-refractivity contribution in [2.24, 2.45) is 0 Å². The average Bonchev–Trinajstić information content (AvgIpc) is 2.26. The van der Waals surface area contributed by atoms with E-state index in [9.17, 15) is 9.18 Å². The molecule has 0 aromatic heterocycles. The molecule has 1 N–H and O–H groups in total. The number of nitrogens with one attached hydrogen (secondary N) is 1. The Morgan fingerprint density at radius 2 is 2.25 bits per heavy atom. The minimum absolute atomic E-state index is 0.0650. The van der Waals surface area contributed by atoms with E-state index in [2.05, 4.69) is 21.2 Å². The van der Waals surface area contributed by atoms with E-state index < -0.39 is 0 Å². The van der Waals surface area contributed by atoms with Crippen LogP contribution in [-0.4, -0.2) is 30.9 Å². The highest BCUT2D eigenvalue weighted by Gasteiger charge is 2.08. The normalized spacial score (nSPS) is 10.0. The SMILES string of the molecule is CCN(C)C(=O)CNc1ccc(Br)cc1F. The van der Waals surface area contributed by atoms with Crippen molar-refractivity contribution < 1.29 is 9.18 Å². The molecule has 0 heterocycles. The lowest BCUT2D eigenvalue weighted by Gasteiger charge is -2.15. The van der Waals surface area contributed by atoms with Crippen LogP contribution in [0.2, 0.25) is 0 Å². The third-order valence-electron chi connectivity index (χ3n) is 2.26. The summed E-state index contributed by atoms with van der Waals surface area (Å²) < 4.78 is 14.0. The zero-order valence-corrected chi connectivity index (χ0v) is 10.8. The molecule has 0 bridgehead atoms. The summed E-state index contributed by atoms with van der Waals surface area (Å²) in [6.45, 7) is 2.63. The number of hydrogen-bond donors (Lipinski definition) is 1. The van der Waals surface area contributed by atoms with Crippen LogP contribution in [0.5, 0.6) is 0 Å².